The number of rotatable bonds is 9. The standard InChI is InChI=1S/C27H34N6O4S/c1-27(2,30-38(3,36)37)23-19-33(31-29-23)18-20-14-16-32(17-15-20)26(35)24(21-10-6-4-7-11-21)28-25(34)22-12-8-5-9-13-22/h4-13,19-20,24,30H,14-18H2,1-3H3,(H,28,34). The first-order valence-electron chi connectivity index (χ1n) is 12.6. The van der Waals surface area contributed by atoms with E-state index in [9.17, 15) is 18.0 Å². The molecule has 0 spiro atoms. The molecule has 2 heterocycles. The third kappa shape index (κ3) is 7.05. The molecule has 10 nitrogen and oxygen atoms in total. The summed E-state index contributed by atoms with van der Waals surface area (Å²) >= 11 is 0. The van der Waals surface area contributed by atoms with Crippen LogP contribution < -0.4 is 10.0 Å². The van der Waals surface area contributed by atoms with Crippen LogP contribution in [-0.2, 0) is 26.9 Å². The molecule has 4 rings (SSSR count). The van der Waals surface area contributed by atoms with Gasteiger partial charge in [-0.15, -0.1) is 5.10 Å². The van der Waals surface area contributed by atoms with Crippen LogP contribution in [0.15, 0.2) is 66.9 Å². The molecule has 3 aromatic rings. The summed E-state index contributed by atoms with van der Waals surface area (Å²) in [6.07, 6.45) is 4.43. The van der Waals surface area contributed by atoms with E-state index >= 15 is 0 Å². The molecule has 0 saturated carbocycles. The van der Waals surface area contributed by atoms with Gasteiger partial charge in [0.05, 0.1) is 18.0 Å². The average molecular weight is 539 g/mol. The summed E-state index contributed by atoms with van der Waals surface area (Å²) < 4.78 is 27.7. The van der Waals surface area contributed by atoms with E-state index < -0.39 is 21.6 Å². The molecule has 1 saturated heterocycles. The van der Waals surface area contributed by atoms with Crippen molar-refractivity contribution in [3.63, 3.8) is 0 Å². The number of amides is 2. The van der Waals surface area contributed by atoms with Gasteiger partial charge in [0.25, 0.3) is 5.91 Å². The van der Waals surface area contributed by atoms with Crippen LogP contribution in [0.1, 0.15) is 54.3 Å². The van der Waals surface area contributed by atoms with E-state index in [4.69, 9.17) is 0 Å². The molecule has 1 unspecified atom stereocenters. The van der Waals surface area contributed by atoms with E-state index in [2.05, 4.69) is 20.4 Å². The maximum absolute atomic E-state index is 13.6. The molecule has 0 aliphatic carbocycles. The van der Waals surface area contributed by atoms with Crippen molar-refractivity contribution in [3.05, 3.63) is 83.7 Å². The van der Waals surface area contributed by atoms with Crippen LogP contribution in [0.2, 0.25) is 0 Å². The molecule has 1 aliphatic heterocycles. The van der Waals surface area contributed by atoms with Crippen molar-refractivity contribution >= 4 is 21.8 Å². The van der Waals surface area contributed by atoms with Crippen molar-refractivity contribution < 1.29 is 18.0 Å². The lowest BCUT2D eigenvalue weighted by molar-refractivity contribution is -0.134. The first-order chi connectivity index (χ1) is 18.0. The van der Waals surface area contributed by atoms with Crippen LogP contribution in [0.4, 0.5) is 0 Å². The Labute approximate surface area is 223 Å². The largest absolute Gasteiger partial charge is 0.341 e. The Morgan fingerprint density at radius 3 is 2.24 bits per heavy atom. The van der Waals surface area contributed by atoms with E-state index in [-0.39, 0.29) is 17.7 Å². The SMILES string of the molecule is CC(C)(NS(C)(=O)=O)c1cn(CC2CCN(C(=O)C(NC(=O)c3ccccc3)c3ccccc3)CC2)nn1. The number of piperidine rings is 1. The first-order valence-corrected chi connectivity index (χ1v) is 14.5. The van der Waals surface area contributed by atoms with Gasteiger partial charge in [0.2, 0.25) is 15.9 Å². The fraction of sp³-hybridized carbons (Fsp3) is 0.407. The summed E-state index contributed by atoms with van der Waals surface area (Å²) in [5.74, 6) is -0.137. The average Bonchev–Trinajstić information content (AvgIpc) is 3.36. The Morgan fingerprint density at radius 2 is 1.63 bits per heavy atom. The second kappa shape index (κ2) is 11.4. The number of hydrogen-bond acceptors (Lipinski definition) is 6. The summed E-state index contributed by atoms with van der Waals surface area (Å²) in [7, 11) is -3.40. The molecule has 1 fully saturated rings. The highest BCUT2D eigenvalue weighted by atomic mass is 32.2. The lowest BCUT2D eigenvalue weighted by atomic mass is 9.95. The molecule has 1 atom stereocenters. The molecule has 0 bridgehead atoms. The van der Waals surface area contributed by atoms with Crippen molar-refractivity contribution in [2.75, 3.05) is 19.3 Å². The van der Waals surface area contributed by atoms with Gasteiger partial charge in [0.1, 0.15) is 11.7 Å². The van der Waals surface area contributed by atoms with Gasteiger partial charge in [-0.05, 0) is 50.3 Å². The Hall–Kier alpha value is -3.57. The maximum Gasteiger partial charge on any atom is 0.252 e. The van der Waals surface area contributed by atoms with Crippen LogP contribution in [0.25, 0.3) is 0 Å². The van der Waals surface area contributed by atoms with Crippen LogP contribution in [0.3, 0.4) is 0 Å². The van der Waals surface area contributed by atoms with Crippen LogP contribution in [0, 0.1) is 5.92 Å². The number of nitrogens with one attached hydrogen (secondary N) is 2. The van der Waals surface area contributed by atoms with Crippen molar-refractivity contribution in [2.45, 2.75) is 44.8 Å². The molecule has 202 valence electrons. The molecule has 38 heavy (non-hydrogen) atoms. The van der Waals surface area contributed by atoms with E-state index in [1.54, 1.807) is 49.0 Å². The predicted octanol–water partition coefficient (Wildman–Crippen LogP) is 2.47. The quantitative estimate of drug-likeness (QED) is 0.431. The molecule has 0 radical (unpaired) electrons. The number of aromatic nitrogens is 3. The highest BCUT2D eigenvalue weighted by Crippen LogP contribution is 2.24. The van der Waals surface area contributed by atoms with Gasteiger partial charge in [0, 0.05) is 25.2 Å². The Morgan fingerprint density at radius 1 is 1.03 bits per heavy atom. The second-order valence-corrected chi connectivity index (χ2v) is 12.0. The second-order valence-electron chi connectivity index (χ2n) is 10.3. The number of nitrogens with zero attached hydrogens (tertiary/aromatic N) is 4. The monoisotopic (exact) mass is 538 g/mol. The number of hydrogen-bond donors (Lipinski definition) is 2. The summed E-state index contributed by atoms with van der Waals surface area (Å²) in [4.78, 5) is 28.3. The van der Waals surface area contributed by atoms with Crippen molar-refractivity contribution in [2.24, 2.45) is 5.92 Å². The van der Waals surface area contributed by atoms with E-state index in [1.165, 1.54) is 0 Å². The fourth-order valence-corrected chi connectivity index (χ4v) is 5.74. The zero-order valence-electron chi connectivity index (χ0n) is 21.9. The normalized spacial score (nSPS) is 15.7. The summed E-state index contributed by atoms with van der Waals surface area (Å²) in [5, 5.41) is 11.3. The zero-order valence-corrected chi connectivity index (χ0v) is 22.7. The highest BCUT2D eigenvalue weighted by molar-refractivity contribution is 7.88. The zero-order chi connectivity index (χ0) is 27.3. The minimum atomic E-state index is -3.40. The maximum atomic E-state index is 13.6. The first kappa shape index (κ1) is 27.5. The molecule has 1 aromatic heterocycles. The third-order valence-corrected chi connectivity index (χ3v) is 7.56. The predicted molar refractivity (Wildman–Crippen MR) is 143 cm³/mol. The molecule has 2 N–H and O–H groups in total. The molecule has 2 aromatic carbocycles. The Bertz CT molecular complexity index is 1350. The lowest BCUT2D eigenvalue weighted by Crippen LogP contribution is -2.46. The van der Waals surface area contributed by atoms with E-state index in [0.29, 0.717) is 30.9 Å². The fourth-order valence-electron chi connectivity index (χ4n) is 4.71. The number of benzene rings is 2. The van der Waals surface area contributed by atoms with Gasteiger partial charge < -0.3 is 10.2 Å². The van der Waals surface area contributed by atoms with E-state index in [0.717, 1.165) is 24.7 Å². The van der Waals surface area contributed by atoms with Crippen LogP contribution >= 0.6 is 0 Å². The summed E-state index contributed by atoms with van der Waals surface area (Å²) in [6, 6.07) is 17.4. The van der Waals surface area contributed by atoms with Gasteiger partial charge in [-0.3, -0.25) is 14.3 Å². The topological polar surface area (TPSA) is 126 Å². The smallest absolute Gasteiger partial charge is 0.252 e. The molecule has 1 aliphatic rings. The summed E-state index contributed by atoms with van der Waals surface area (Å²) in [5.41, 5.74) is 0.903. The van der Waals surface area contributed by atoms with Crippen molar-refractivity contribution in [1.29, 1.82) is 0 Å². The minimum Gasteiger partial charge on any atom is -0.341 e. The highest BCUT2D eigenvalue weighted by Gasteiger charge is 2.32. The van der Waals surface area contributed by atoms with Gasteiger partial charge >= 0.3 is 0 Å². The molecule has 11 heteroatoms. The van der Waals surface area contributed by atoms with Crippen molar-refractivity contribution in [1.82, 2.24) is 29.9 Å². The number of carbonyl (C=O) groups excluding carboxylic acids is 2. The van der Waals surface area contributed by atoms with Gasteiger partial charge in [0.15, 0.2) is 0 Å². The van der Waals surface area contributed by atoms with Gasteiger partial charge in [-0.25, -0.2) is 13.1 Å². The number of carbonyl (C=O) groups is 2. The third-order valence-electron chi connectivity index (χ3n) is 6.68. The summed E-state index contributed by atoms with van der Waals surface area (Å²) in [6.45, 7) is 5.24. The van der Waals surface area contributed by atoms with Crippen LogP contribution in [0.5, 0.6) is 0 Å². The van der Waals surface area contributed by atoms with Crippen molar-refractivity contribution in [3.8, 4) is 0 Å². The lowest BCUT2D eigenvalue weighted by Gasteiger charge is -2.34. The van der Waals surface area contributed by atoms with Gasteiger partial charge in [-0.2, -0.15) is 0 Å². The molecular weight excluding hydrogens is 504 g/mol. The molecular formula is C27H34N6O4S. The Kier molecular flexibility index (Phi) is 8.27. The molecule has 2 amide bonds. The minimum absolute atomic E-state index is 0.129. The van der Waals surface area contributed by atoms with E-state index in [1.807, 2.05) is 41.3 Å². The number of sulfonamides is 1. The van der Waals surface area contributed by atoms with Gasteiger partial charge in [-0.1, -0.05) is 53.7 Å². The number of likely N-dealkylation sites (tertiary alicyclic amines) is 1. The van der Waals surface area contributed by atoms with Crippen LogP contribution in [-0.4, -0.2) is 59.5 Å². The Balaban J connectivity index is 1.38.